The third-order valence-corrected chi connectivity index (χ3v) is 10.7. The number of amides is 2. The van der Waals surface area contributed by atoms with Gasteiger partial charge >= 0.3 is 189 Å². The fraction of sp³-hybridized carbons (Fsp3) is 0.500. The third-order valence-electron chi connectivity index (χ3n) is 5.84. The van der Waals surface area contributed by atoms with Gasteiger partial charge in [0.15, 0.2) is 0 Å². The molecule has 6 nitrogen and oxygen atoms in total. The van der Waals surface area contributed by atoms with Gasteiger partial charge in [-0.15, -0.1) is 0 Å². The monoisotopic (exact) mass is 556 g/mol. The van der Waals surface area contributed by atoms with E-state index in [1.165, 1.54) is 0 Å². The van der Waals surface area contributed by atoms with Gasteiger partial charge in [0.05, 0.1) is 0 Å². The average molecular weight is 556 g/mol. The molecule has 9 heteroatoms. The van der Waals surface area contributed by atoms with E-state index in [-0.39, 0.29) is 18.1 Å². The molecule has 33 heavy (non-hydrogen) atoms. The van der Waals surface area contributed by atoms with Gasteiger partial charge in [-0.1, -0.05) is 0 Å². The quantitative estimate of drug-likeness (QED) is 0.349. The van der Waals surface area contributed by atoms with Gasteiger partial charge in [0, 0.05) is 0 Å². The van der Waals surface area contributed by atoms with Gasteiger partial charge in [0.1, 0.15) is 0 Å². The van der Waals surface area contributed by atoms with E-state index in [1.807, 2.05) is 62.3 Å². The normalized spacial score (nSPS) is 20.5. The van der Waals surface area contributed by atoms with E-state index in [0.717, 1.165) is 33.8 Å². The molecule has 0 spiro atoms. The number of benzene rings is 2. The van der Waals surface area contributed by atoms with E-state index in [4.69, 9.17) is 21.1 Å². The fourth-order valence-electron chi connectivity index (χ4n) is 4.19. The molecule has 2 aromatic carbocycles. The van der Waals surface area contributed by atoms with Crippen molar-refractivity contribution >= 4 is 64.3 Å². The van der Waals surface area contributed by atoms with Gasteiger partial charge in [-0.05, 0) is 20.8 Å². The molecule has 2 aromatic rings. The molecule has 178 valence electrons. The molecule has 1 fully saturated rings. The summed E-state index contributed by atoms with van der Waals surface area (Å²) in [7, 11) is 3.79. The van der Waals surface area contributed by atoms with Crippen molar-refractivity contribution in [2.75, 3.05) is 30.1 Å². The van der Waals surface area contributed by atoms with E-state index in [9.17, 15) is 9.59 Å². The summed E-state index contributed by atoms with van der Waals surface area (Å²) in [4.78, 5) is 29.4. The molecule has 0 unspecified atom stereocenters. The Morgan fingerprint density at radius 2 is 2.00 bits per heavy atom. The van der Waals surface area contributed by atoms with Crippen LogP contribution in [-0.2, 0) is 4.74 Å². The molecule has 0 N–H and O–H groups in total. The Morgan fingerprint density at radius 1 is 1.27 bits per heavy atom. The molecule has 4 rings (SSSR count). The van der Waals surface area contributed by atoms with E-state index < -0.39 is 11.7 Å². The summed E-state index contributed by atoms with van der Waals surface area (Å²) in [6.07, 6.45) is 0.179. The Bertz CT molecular complexity index is 1050. The minimum absolute atomic E-state index is 0.0338. The molecule has 2 heterocycles. The van der Waals surface area contributed by atoms with Crippen LogP contribution in [-0.4, -0.2) is 67.8 Å². The van der Waals surface area contributed by atoms with Crippen LogP contribution in [0.1, 0.15) is 38.7 Å². The SMILES string of the molecule is CN(C(=O)Oc1cc2c(c3ccccc13)[C@H](CCl)CN2C(=O)OC(C)(C)C)[C@H]1CCS[Se]C1. The number of alkyl halides is 1. The van der Waals surface area contributed by atoms with Crippen molar-refractivity contribution in [3.8, 4) is 5.75 Å². The second-order valence-electron chi connectivity index (χ2n) is 9.32. The van der Waals surface area contributed by atoms with Crippen molar-refractivity contribution in [2.45, 2.75) is 50.1 Å². The molecule has 0 aliphatic carbocycles. The number of rotatable bonds is 3. The third kappa shape index (κ3) is 5.24. The topological polar surface area (TPSA) is 59.1 Å². The predicted octanol–water partition coefficient (Wildman–Crippen LogP) is 5.89. The van der Waals surface area contributed by atoms with Gasteiger partial charge in [0.25, 0.3) is 0 Å². The summed E-state index contributed by atoms with van der Waals surface area (Å²) < 4.78 is 11.6. The number of carbonyl (C=O) groups excluding carboxylic acids is 2. The molecule has 0 bridgehead atoms. The summed E-state index contributed by atoms with van der Waals surface area (Å²) >= 11 is 6.82. The van der Waals surface area contributed by atoms with Crippen molar-refractivity contribution in [3.05, 3.63) is 35.9 Å². The number of fused-ring (bicyclic) bond motifs is 3. The fourth-order valence-corrected chi connectivity index (χ4v) is 8.94. The summed E-state index contributed by atoms with van der Waals surface area (Å²) in [5.41, 5.74) is 1.06. The molecular formula is C24H29ClN2O4SSe. The van der Waals surface area contributed by atoms with Crippen molar-refractivity contribution in [1.82, 2.24) is 4.90 Å². The Hall–Kier alpha value is -1.60. The predicted molar refractivity (Wildman–Crippen MR) is 136 cm³/mol. The first-order chi connectivity index (χ1) is 15.7. The average Bonchev–Trinajstić information content (AvgIpc) is 3.17. The number of ether oxygens (including phenoxy) is 2. The van der Waals surface area contributed by atoms with E-state index in [0.29, 0.717) is 37.7 Å². The summed E-state index contributed by atoms with van der Waals surface area (Å²) in [5.74, 6) is 1.86. The summed E-state index contributed by atoms with van der Waals surface area (Å²) in [6.45, 7) is 5.96. The van der Waals surface area contributed by atoms with Crippen LogP contribution in [0.25, 0.3) is 10.8 Å². The second-order valence-corrected chi connectivity index (χ2v) is 14.2. The van der Waals surface area contributed by atoms with Gasteiger partial charge in [-0.25, -0.2) is 0 Å². The number of nitrogens with zero attached hydrogens (tertiary/aromatic N) is 2. The molecule has 2 atom stereocenters. The summed E-state index contributed by atoms with van der Waals surface area (Å²) in [6, 6.07) is 9.81. The zero-order chi connectivity index (χ0) is 23.8. The van der Waals surface area contributed by atoms with Gasteiger partial charge in [-0.3, -0.25) is 0 Å². The molecular weight excluding hydrogens is 527 g/mol. The van der Waals surface area contributed by atoms with Crippen LogP contribution < -0.4 is 9.64 Å². The van der Waals surface area contributed by atoms with Crippen LogP contribution >= 0.6 is 21.8 Å². The van der Waals surface area contributed by atoms with Crippen LogP contribution in [0.5, 0.6) is 5.75 Å². The summed E-state index contributed by atoms with van der Waals surface area (Å²) in [5, 5.41) is 2.80. The standard InChI is InChI=1S/C24H29ClN2O4SSe/c1-24(2,3)31-23(29)27-13-15(12-25)21-18-8-6-5-7-17(18)20(11-19(21)27)30-22(28)26(4)16-9-10-32-33-14-16/h5-8,11,15-16H,9-10,12-14H2,1-4H3/t15-,16+/m1/s1. The van der Waals surface area contributed by atoms with Crippen LogP contribution in [0, 0.1) is 0 Å². The Morgan fingerprint density at radius 3 is 2.64 bits per heavy atom. The molecule has 0 saturated carbocycles. The maximum atomic E-state index is 13.1. The molecule has 0 aromatic heterocycles. The number of hydrogen-bond donors (Lipinski definition) is 0. The van der Waals surface area contributed by atoms with E-state index in [2.05, 4.69) is 0 Å². The Labute approximate surface area is 209 Å². The van der Waals surface area contributed by atoms with Crippen LogP contribution in [0.2, 0.25) is 5.32 Å². The molecule has 2 amide bonds. The van der Waals surface area contributed by atoms with Gasteiger partial charge in [-0.2, -0.15) is 0 Å². The Balaban J connectivity index is 1.72. The van der Waals surface area contributed by atoms with Gasteiger partial charge < -0.3 is 0 Å². The zero-order valence-corrected chi connectivity index (χ0v) is 22.6. The first kappa shape index (κ1) is 24.5. The van der Waals surface area contributed by atoms with Crippen LogP contribution in [0.4, 0.5) is 15.3 Å². The van der Waals surface area contributed by atoms with Crippen molar-refractivity contribution in [1.29, 1.82) is 0 Å². The zero-order valence-electron chi connectivity index (χ0n) is 19.3. The van der Waals surface area contributed by atoms with Crippen molar-refractivity contribution < 1.29 is 19.1 Å². The number of anilines is 1. The van der Waals surface area contributed by atoms with Crippen molar-refractivity contribution in [2.24, 2.45) is 0 Å². The molecule has 2 aliphatic heterocycles. The maximum absolute atomic E-state index is 13.1. The van der Waals surface area contributed by atoms with Gasteiger partial charge in [0.2, 0.25) is 0 Å². The molecule has 1 saturated heterocycles. The van der Waals surface area contributed by atoms with Crippen LogP contribution in [0.3, 0.4) is 0 Å². The molecule has 0 radical (unpaired) electrons. The minimum atomic E-state index is -0.620. The van der Waals surface area contributed by atoms with Crippen LogP contribution in [0.15, 0.2) is 30.3 Å². The molecule has 2 aliphatic rings. The van der Waals surface area contributed by atoms with E-state index in [1.54, 1.807) is 15.9 Å². The number of carbonyl (C=O) groups is 2. The Kier molecular flexibility index (Phi) is 7.39. The second kappa shape index (κ2) is 9.95. The first-order valence-electron chi connectivity index (χ1n) is 11.0. The first-order valence-corrected chi connectivity index (χ1v) is 15.8. The van der Waals surface area contributed by atoms with E-state index >= 15 is 0 Å². The van der Waals surface area contributed by atoms with Crippen molar-refractivity contribution in [3.63, 3.8) is 0 Å². The number of halogens is 1. The number of hydrogen-bond acceptors (Lipinski definition) is 5.